The second-order valence-electron chi connectivity index (χ2n) is 15.9. The predicted molar refractivity (Wildman–Crippen MR) is 185 cm³/mol. The first kappa shape index (κ1) is 37.8. The molecular weight excluding hydrogens is 697 g/mol. The summed E-state index contributed by atoms with van der Waals surface area (Å²) in [5, 5.41) is 4.89. The minimum absolute atomic E-state index is 0.00475. The van der Waals surface area contributed by atoms with Crippen LogP contribution >= 0.6 is 0 Å². The van der Waals surface area contributed by atoms with E-state index in [-0.39, 0.29) is 44.8 Å². The number of halogens is 1. The van der Waals surface area contributed by atoms with Crippen LogP contribution in [0.1, 0.15) is 109 Å². The van der Waals surface area contributed by atoms with Crippen LogP contribution in [0.4, 0.5) is 14.0 Å². The number of amides is 5. The van der Waals surface area contributed by atoms with E-state index in [2.05, 4.69) is 15.4 Å². The second kappa shape index (κ2) is 14.8. The maximum absolute atomic E-state index is 14.4. The third-order valence-corrected chi connectivity index (χ3v) is 12.5. The molecular formula is C36H50FN5O9S. The van der Waals surface area contributed by atoms with Crippen molar-refractivity contribution >= 4 is 39.9 Å². The summed E-state index contributed by atoms with van der Waals surface area (Å²) in [4.78, 5) is 71.1. The Morgan fingerprint density at radius 1 is 0.981 bits per heavy atom. The van der Waals surface area contributed by atoms with Gasteiger partial charge >= 0.3 is 12.2 Å². The molecule has 6 rings (SSSR count). The van der Waals surface area contributed by atoms with E-state index in [9.17, 15) is 36.8 Å². The summed E-state index contributed by atoms with van der Waals surface area (Å²) in [7, 11) is -3.90. The lowest BCUT2D eigenvalue weighted by molar-refractivity contribution is -0.141. The number of rotatable bonds is 5. The number of sulfonamides is 1. The van der Waals surface area contributed by atoms with Gasteiger partial charge in [0.25, 0.3) is 5.91 Å². The summed E-state index contributed by atoms with van der Waals surface area (Å²) < 4.78 is 53.5. The van der Waals surface area contributed by atoms with Crippen molar-refractivity contribution in [3.63, 3.8) is 0 Å². The normalized spacial score (nSPS) is 28.5. The van der Waals surface area contributed by atoms with Crippen LogP contribution in [0.5, 0.6) is 0 Å². The molecule has 0 aromatic heterocycles. The summed E-state index contributed by atoms with van der Waals surface area (Å²) in [6, 6.07) is 2.35. The molecule has 2 aliphatic carbocycles. The summed E-state index contributed by atoms with van der Waals surface area (Å²) in [5.41, 5.74) is -1.25. The molecule has 5 atom stereocenters. The Bertz CT molecular complexity index is 1700. The molecule has 3 heterocycles. The maximum Gasteiger partial charge on any atom is 0.410 e. The van der Waals surface area contributed by atoms with Crippen LogP contribution in [0.25, 0.3) is 0 Å². The highest BCUT2D eigenvalue weighted by molar-refractivity contribution is 7.91. The fourth-order valence-electron chi connectivity index (χ4n) is 7.61. The minimum Gasteiger partial charge on any atom is -0.444 e. The molecule has 4 fully saturated rings. The highest BCUT2D eigenvalue weighted by Gasteiger charge is 2.62. The Balaban J connectivity index is 1.25. The molecule has 0 spiro atoms. The van der Waals surface area contributed by atoms with Crippen LogP contribution in [-0.4, -0.2) is 89.2 Å². The molecule has 0 unspecified atom stereocenters. The molecule has 52 heavy (non-hydrogen) atoms. The van der Waals surface area contributed by atoms with Crippen LogP contribution in [0.2, 0.25) is 0 Å². The molecule has 2 saturated carbocycles. The zero-order valence-electron chi connectivity index (χ0n) is 30.1. The smallest absolute Gasteiger partial charge is 0.410 e. The van der Waals surface area contributed by atoms with E-state index in [4.69, 9.17) is 9.47 Å². The van der Waals surface area contributed by atoms with Gasteiger partial charge in [0.2, 0.25) is 21.8 Å². The van der Waals surface area contributed by atoms with Gasteiger partial charge in [-0.15, -0.1) is 0 Å². The zero-order valence-corrected chi connectivity index (χ0v) is 30.9. The molecule has 2 saturated heterocycles. The van der Waals surface area contributed by atoms with Gasteiger partial charge in [-0.3, -0.25) is 24.0 Å². The number of carbonyl (C=O) groups is 5. The first-order valence-corrected chi connectivity index (χ1v) is 20.0. The molecule has 1 aromatic rings. The number of benzene rings is 1. The summed E-state index contributed by atoms with van der Waals surface area (Å²) in [6.07, 6.45) is 4.41. The van der Waals surface area contributed by atoms with Crippen LogP contribution in [-0.2, 0) is 47.0 Å². The second-order valence-corrected chi connectivity index (χ2v) is 17.9. The molecule has 1 aromatic carbocycles. The quantitative estimate of drug-likeness (QED) is 0.404. The molecule has 286 valence electrons. The van der Waals surface area contributed by atoms with Crippen LogP contribution in [0.15, 0.2) is 18.2 Å². The van der Waals surface area contributed by atoms with E-state index in [1.165, 1.54) is 15.9 Å². The lowest BCUT2D eigenvalue weighted by atomic mass is 10.0. The lowest BCUT2D eigenvalue weighted by Crippen LogP contribution is -2.58. The molecule has 3 aliphatic heterocycles. The van der Waals surface area contributed by atoms with Gasteiger partial charge in [-0.05, 0) is 70.4 Å². The average molecular weight is 748 g/mol. The van der Waals surface area contributed by atoms with Crippen LogP contribution in [0, 0.1) is 11.7 Å². The Morgan fingerprint density at radius 2 is 1.67 bits per heavy atom. The molecule has 5 aliphatic rings. The van der Waals surface area contributed by atoms with Gasteiger partial charge in [-0.25, -0.2) is 22.4 Å². The van der Waals surface area contributed by atoms with E-state index in [0.717, 1.165) is 32.1 Å². The third kappa shape index (κ3) is 8.63. The van der Waals surface area contributed by atoms with Crippen molar-refractivity contribution in [2.45, 2.75) is 145 Å². The number of fused-ring (bicyclic) bond motifs is 3. The SMILES string of the molecule is CC(C)(C)OC(=O)N[C@H]1CCCCCCCC[C@@H]2C[C@@]2(C(=O)NS(=O)(=O)C2CC2)NC(=O)[C@@H]2C[C@@H](OC(=O)N3Cc4cccc(F)c4C3)CN2C1=O. The van der Waals surface area contributed by atoms with E-state index in [1.54, 1.807) is 32.9 Å². The fraction of sp³-hybridized carbons (Fsp3) is 0.694. The monoisotopic (exact) mass is 747 g/mol. The molecule has 14 nitrogen and oxygen atoms in total. The molecule has 0 bridgehead atoms. The Labute approximate surface area is 303 Å². The van der Waals surface area contributed by atoms with Crippen LogP contribution in [0.3, 0.4) is 0 Å². The van der Waals surface area contributed by atoms with Gasteiger partial charge in [0.05, 0.1) is 18.3 Å². The first-order chi connectivity index (χ1) is 24.6. The van der Waals surface area contributed by atoms with Gasteiger partial charge in [0.15, 0.2) is 0 Å². The van der Waals surface area contributed by atoms with Crippen LogP contribution < -0.4 is 15.4 Å². The zero-order chi connectivity index (χ0) is 37.4. The Hall–Kier alpha value is -3.95. The summed E-state index contributed by atoms with van der Waals surface area (Å²) in [6.45, 7) is 5.07. The number of alkyl carbamates (subject to hydrolysis) is 1. The third-order valence-electron chi connectivity index (χ3n) is 10.6. The summed E-state index contributed by atoms with van der Waals surface area (Å²) >= 11 is 0. The van der Waals surface area contributed by atoms with E-state index in [0.29, 0.717) is 36.8 Å². The van der Waals surface area contributed by atoms with Crippen molar-refractivity contribution in [2.24, 2.45) is 5.92 Å². The van der Waals surface area contributed by atoms with Crippen molar-refractivity contribution < 1.29 is 46.3 Å². The number of ether oxygens (including phenoxy) is 2. The first-order valence-electron chi connectivity index (χ1n) is 18.5. The number of hydrogen-bond donors (Lipinski definition) is 3. The highest BCUT2D eigenvalue weighted by Crippen LogP contribution is 2.48. The fourth-order valence-corrected chi connectivity index (χ4v) is 8.97. The van der Waals surface area contributed by atoms with Gasteiger partial charge in [-0.2, -0.15) is 0 Å². The van der Waals surface area contributed by atoms with Crippen molar-refractivity contribution in [3.8, 4) is 0 Å². The van der Waals surface area contributed by atoms with E-state index in [1.807, 2.05) is 0 Å². The Kier molecular flexibility index (Phi) is 10.8. The van der Waals surface area contributed by atoms with Crippen molar-refractivity contribution in [1.29, 1.82) is 0 Å². The van der Waals surface area contributed by atoms with E-state index < -0.39 is 80.3 Å². The van der Waals surface area contributed by atoms with Crippen molar-refractivity contribution in [2.75, 3.05) is 6.54 Å². The summed E-state index contributed by atoms with van der Waals surface area (Å²) in [5.74, 6) is -2.77. The Morgan fingerprint density at radius 3 is 2.35 bits per heavy atom. The highest BCUT2D eigenvalue weighted by atomic mass is 32.2. The standard InChI is InChI=1S/C36H50FN5O9S/c1-35(2,3)51-33(46)38-28-14-9-7-5-4-6-8-12-23-18-36(23,32(45)40-52(48,49)25-15-16-25)39-30(43)29-17-24(20-42(29)31(28)44)50-34(47)41-19-22-11-10-13-27(37)26(22)21-41/h10-11,13,23-25,28-29H,4-9,12,14-21H2,1-3H3,(H,38,46)(H,39,43)(H,40,45)/t23-,24-,28+,29+,36-/m1/s1. The molecule has 16 heteroatoms. The molecule has 5 amide bonds. The van der Waals surface area contributed by atoms with Crippen molar-refractivity contribution in [3.05, 3.63) is 35.1 Å². The predicted octanol–water partition coefficient (Wildman–Crippen LogP) is 3.76. The van der Waals surface area contributed by atoms with Gasteiger partial charge in [0, 0.05) is 18.5 Å². The van der Waals surface area contributed by atoms with Crippen molar-refractivity contribution in [1.82, 2.24) is 25.2 Å². The molecule has 0 radical (unpaired) electrons. The molecule has 3 N–H and O–H groups in total. The van der Waals surface area contributed by atoms with Gasteiger partial charge < -0.3 is 25.0 Å². The topological polar surface area (TPSA) is 181 Å². The lowest BCUT2D eigenvalue weighted by Gasteiger charge is -2.30. The van der Waals surface area contributed by atoms with E-state index >= 15 is 0 Å². The van der Waals surface area contributed by atoms with Gasteiger partial charge in [-0.1, -0.05) is 50.7 Å². The maximum atomic E-state index is 14.4. The number of nitrogens with one attached hydrogen (secondary N) is 3. The number of nitrogens with zero attached hydrogens (tertiary/aromatic N) is 2. The number of hydrogen-bond acceptors (Lipinski definition) is 9. The average Bonchev–Trinajstić information content (AvgIpc) is 3.94. The number of carbonyl (C=O) groups excluding carboxylic acids is 5. The van der Waals surface area contributed by atoms with Gasteiger partial charge in [0.1, 0.15) is 35.1 Å². The minimum atomic E-state index is -3.90. The largest absolute Gasteiger partial charge is 0.444 e.